The Morgan fingerprint density at radius 1 is 1.00 bits per heavy atom. The third kappa shape index (κ3) is 1.35. The number of nitrogens with one attached hydrogen (secondary N) is 2. The lowest BCUT2D eigenvalue weighted by Crippen LogP contribution is -2.01. The van der Waals surface area contributed by atoms with Gasteiger partial charge in [0, 0.05) is 19.5 Å². The lowest BCUT2D eigenvalue weighted by atomic mass is 10.2. The topological polar surface area (TPSA) is 49.8 Å². The molecule has 2 aromatic rings. The second kappa shape index (κ2) is 3.49. The molecule has 1 aromatic heterocycles. The van der Waals surface area contributed by atoms with Crippen molar-refractivity contribution in [2.24, 2.45) is 0 Å². The Balaban J connectivity index is 2.73. The average Bonchev–Trinajstić information content (AvgIpc) is 2.27. The zero-order chi connectivity index (χ0) is 9.97. The molecule has 1 heterocycles. The van der Waals surface area contributed by atoms with Gasteiger partial charge >= 0.3 is 0 Å². The van der Waals surface area contributed by atoms with Crippen LogP contribution >= 0.6 is 0 Å². The van der Waals surface area contributed by atoms with Crippen LogP contribution in [0, 0.1) is 0 Å². The smallest absolute Gasteiger partial charge is 0.224 e. The normalized spacial score (nSPS) is 10.1. The average molecular weight is 188 g/mol. The van der Waals surface area contributed by atoms with Crippen LogP contribution in [0.1, 0.15) is 0 Å². The summed E-state index contributed by atoms with van der Waals surface area (Å²) in [4.78, 5) is 8.64. The number of hydrogen-bond donors (Lipinski definition) is 2. The van der Waals surface area contributed by atoms with E-state index >= 15 is 0 Å². The van der Waals surface area contributed by atoms with Gasteiger partial charge in [-0.25, -0.2) is 4.98 Å². The molecule has 0 atom stereocenters. The molecule has 4 nitrogen and oxygen atoms in total. The second-order valence-corrected chi connectivity index (χ2v) is 2.91. The molecule has 0 saturated carbocycles. The van der Waals surface area contributed by atoms with Gasteiger partial charge in [-0.3, -0.25) is 0 Å². The number of fused-ring (bicyclic) bond motifs is 1. The van der Waals surface area contributed by atoms with Gasteiger partial charge in [-0.05, 0) is 12.1 Å². The van der Waals surface area contributed by atoms with Crippen molar-refractivity contribution in [2.45, 2.75) is 0 Å². The molecule has 14 heavy (non-hydrogen) atoms. The third-order valence-electron chi connectivity index (χ3n) is 2.06. The van der Waals surface area contributed by atoms with Crippen molar-refractivity contribution in [3.8, 4) is 0 Å². The van der Waals surface area contributed by atoms with Gasteiger partial charge in [0.2, 0.25) is 5.95 Å². The van der Waals surface area contributed by atoms with Crippen molar-refractivity contribution in [1.29, 1.82) is 0 Å². The van der Waals surface area contributed by atoms with Crippen molar-refractivity contribution in [3.05, 3.63) is 24.3 Å². The van der Waals surface area contributed by atoms with Gasteiger partial charge in [0.25, 0.3) is 0 Å². The fraction of sp³-hybridized carbons (Fsp3) is 0.200. The number of aromatic nitrogens is 2. The Morgan fingerprint density at radius 2 is 1.79 bits per heavy atom. The maximum atomic E-state index is 4.34. The van der Waals surface area contributed by atoms with Crippen molar-refractivity contribution in [1.82, 2.24) is 9.97 Å². The van der Waals surface area contributed by atoms with Gasteiger partial charge in [-0.15, -0.1) is 0 Å². The monoisotopic (exact) mass is 188 g/mol. The summed E-state index contributed by atoms with van der Waals surface area (Å²) in [6.45, 7) is 0. The first-order valence-electron chi connectivity index (χ1n) is 4.47. The van der Waals surface area contributed by atoms with E-state index in [1.54, 1.807) is 0 Å². The molecule has 0 amide bonds. The maximum absolute atomic E-state index is 4.34. The summed E-state index contributed by atoms with van der Waals surface area (Å²) >= 11 is 0. The SMILES string of the molecule is CNc1nc(NC)c2ccccc2n1. The summed E-state index contributed by atoms with van der Waals surface area (Å²) in [7, 11) is 3.66. The highest BCUT2D eigenvalue weighted by molar-refractivity contribution is 5.89. The van der Waals surface area contributed by atoms with E-state index < -0.39 is 0 Å². The molecular formula is C10H12N4. The fourth-order valence-electron chi connectivity index (χ4n) is 1.38. The zero-order valence-corrected chi connectivity index (χ0v) is 8.20. The van der Waals surface area contributed by atoms with E-state index in [1.807, 2.05) is 38.4 Å². The molecule has 0 unspecified atom stereocenters. The summed E-state index contributed by atoms with van der Waals surface area (Å²) in [5.74, 6) is 1.48. The van der Waals surface area contributed by atoms with Gasteiger partial charge in [-0.1, -0.05) is 12.1 Å². The summed E-state index contributed by atoms with van der Waals surface area (Å²) in [5, 5.41) is 7.02. The predicted molar refractivity (Wildman–Crippen MR) is 58.6 cm³/mol. The van der Waals surface area contributed by atoms with Crippen molar-refractivity contribution >= 4 is 22.7 Å². The largest absolute Gasteiger partial charge is 0.372 e. The molecule has 0 bridgehead atoms. The van der Waals surface area contributed by atoms with E-state index in [0.717, 1.165) is 16.7 Å². The first-order chi connectivity index (χ1) is 6.85. The highest BCUT2D eigenvalue weighted by Crippen LogP contribution is 2.20. The van der Waals surface area contributed by atoms with E-state index in [4.69, 9.17) is 0 Å². The number of rotatable bonds is 2. The van der Waals surface area contributed by atoms with Crippen LogP contribution in [0.4, 0.5) is 11.8 Å². The van der Waals surface area contributed by atoms with Crippen LogP contribution in [0.3, 0.4) is 0 Å². The van der Waals surface area contributed by atoms with Crippen LogP contribution in [0.2, 0.25) is 0 Å². The van der Waals surface area contributed by atoms with Gasteiger partial charge in [0.05, 0.1) is 5.52 Å². The van der Waals surface area contributed by atoms with Crippen LogP contribution in [-0.2, 0) is 0 Å². The first-order valence-corrected chi connectivity index (χ1v) is 4.47. The fourth-order valence-corrected chi connectivity index (χ4v) is 1.38. The zero-order valence-electron chi connectivity index (χ0n) is 8.20. The highest BCUT2D eigenvalue weighted by atomic mass is 15.1. The Bertz CT molecular complexity index is 453. The van der Waals surface area contributed by atoms with Crippen molar-refractivity contribution in [3.63, 3.8) is 0 Å². The third-order valence-corrected chi connectivity index (χ3v) is 2.06. The quantitative estimate of drug-likeness (QED) is 0.753. The number of hydrogen-bond acceptors (Lipinski definition) is 4. The number of anilines is 2. The number of benzene rings is 1. The highest BCUT2D eigenvalue weighted by Gasteiger charge is 2.03. The Morgan fingerprint density at radius 3 is 2.50 bits per heavy atom. The van der Waals surface area contributed by atoms with Crippen LogP contribution < -0.4 is 10.6 Å². The van der Waals surface area contributed by atoms with Crippen molar-refractivity contribution in [2.75, 3.05) is 24.7 Å². The molecule has 0 radical (unpaired) electrons. The molecule has 0 saturated heterocycles. The summed E-state index contributed by atoms with van der Waals surface area (Å²) < 4.78 is 0. The van der Waals surface area contributed by atoms with E-state index in [2.05, 4.69) is 20.6 Å². The van der Waals surface area contributed by atoms with E-state index in [-0.39, 0.29) is 0 Å². The lowest BCUT2D eigenvalue weighted by Gasteiger charge is -2.06. The minimum Gasteiger partial charge on any atom is -0.372 e. The molecule has 0 spiro atoms. The van der Waals surface area contributed by atoms with Crippen LogP contribution in [-0.4, -0.2) is 24.1 Å². The van der Waals surface area contributed by atoms with Gasteiger partial charge < -0.3 is 10.6 Å². The maximum Gasteiger partial charge on any atom is 0.224 e. The Hall–Kier alpha value is -1.84. The van der Waals surface area contributed by atoms with Gasteiger partial charge in [0.1, 0.15) is 5.82 Å². The van der Waals surface area contributed by atoms with Gasteiger partial charge in [-0.2, -0.15) is 4.98 Å². The molecule has 2 N–H and O–H groups in total. The molecular weight excluding hydrogens is 176 g/mol. The molecule has 0 aliphatic rings. The predicted octanol–water partition coefficient (Wildman–Crippen LogP) is 1.71. The molecule has 72 valence electrons. The molecule has 4 heteroatoms. The van der Waals surface area contributed by atoms with E-state index in [0.29, 0.717) is 5.95 Å². The van der Waals surface area contributed by atoms with Crippen LogP contribution in [0.5, 0.6) is 0 Å². The second-order valence-electron chi connectivity index (χ2n) is 2.91. The minimum absolute atomic E-state index is 0.632. The first kappa shape index (κ1) is 8.74. The molecule has 1 aromatic carbocycles. The van der Waals surface area contributed by atoms with E-state index in [9.17, 15) is 0 Å². The molecule has 0 fully saturated rings. The van der Waals surface area contributed by atoms with Crippen LogP contribution in [0.15, 0.2) is 24.3 Å². The Labute approximate surface area is 82.4 Å². The molecule has 2 rings (SSSR count). The minimum atomic E-state index is 0.632. The number of nitrogens with zero attached hydrogens (tertiary/aromatic N) is 2. The van der Waals surface area contributed by atoms with Crippen molar-refractivity contribution < 1.29 is 0 Å². The summed E-state index contributed by atoms with van der Waals surface area (Å²) in [6.07, 6.45) is 0. The summed E-state index contributed by atoms with van der Waals surface area (Å²) in [5.41, 5.74) is 0.941. The lowest BCUT2D eigenvalue weighted by molar-refractivity contribution is 1.19. The van der Waals surface area contributed by atoms with E-state index in [1.165, 1.54) is 0 Å². The molecule has 0 aliphatic heterocycles. The van der Waals surface area contributed by atoms with Crippen LogP contribution in [0.25, 0.3) is 10.9 Å². The summed E-state index contributed by atoms with van der Waals surface area (Å²) in [6, 6.07) is 7.92. The molecule has 0 aliphatic carbocycles. The number of para-hydroxylation sites is 1. The standard InChI is InChI=1S/C10H12N4/c1-11-9-7-5-3-4-6-8(7)13-10(12-2)14-9/h3-6H,1-2H3,(H2,11,12,13,14). The van der Waals surface area contributed by atoms with Gasteiger partial charge in [0.15, 0.2) is 0 Å². The Kier molecular flexibility index (Phi) is 2.18.